The highest BCUT2D eigenvalue weighted by atomic mass is 16.5. The summed E-state index contributed by atoms with van der Waals surface area (Å²) in [6.07, 6.45) is 3.42. The van der Waals surface area contributed by atoms with E-state index in [1.807, 2.05) is 73.3 Å². The van der Waals surface area contributed by atoms with Crippen LogP contribution in [0.4, 0.5) is 5.69 Å². The molecule has 0 bridgehead atoms. The minimum atomic E-state index is -0.248. The fraction of sp³-hybridized carbons (Fsp3) is 0.312. The Bertz CT molecular complexity index is 1760. The molecule has 0 atom stereocenters. The predicted molar refractivity (Wildman–Crippen MR) is 165 cm³/mol. The molecule has 5 heterocycles. The largest absolute Gasteiger partial charge is 0.492 e. The van der Waals surface area contributed by atoms with E-state index < -0.39 is 0 Å². The molecule has 4 aromatic heterocycles. The summed E-state index contributed by atoms with van der Waals surface area (Å²) in [5.41, 5.74) is 6.22. The van der Waals surface area contributed by atoms with Gasteiger partial charge in [0.2, 0.25) is 0 Å². The van der Waals surface area contributed by atoms with Crippen molar-refractivity contribution in [3.63, 3.8) is 0 Å². The highest BCUT2D eigenvalue weighted by Crippen LogP contribution is 2.28. The molecule has 5 aromatic rings. The van der Waals surface area contributed by atoms with Crippen molar-refractivity contribution in [3.8, 4) is 5.75 Å². The van der Waals surface area contributed by atoms with E-state index in [1.165, 1.54) is 0 Å². The van der Waals surface area contributed by atoms with E-state index in [0.29, 0.717) is 30.2 Å². The Hall–Kier alpha value is -4.54. The number of pyridine rings is 2. The molecule has 10 nitrogen and oxygen atoms in total. The second-order valence-corrected chi connectivity index (χ2v) is 10.9. The van der Waals surface area contributed by atoms with Crippen LogP contribution in [0.5, 0.6) is 5.75 Å². The maximum atomic E-state index is 13.4. The Labute approximate surface area is 245 Å². The van der Waals surface area contributed by atoms with Gasteiger partial charge >= 0.3 is 0 Å². The number of benzene rings is 1. The molecule has 216 valence electrons. The molecule has 10 heteroatoms. The maximum absolute atomic E-state index is 13.4. The fourth-order valence-corrected chi connectivity index (χ4v) is 5.37. The van der Waals surface area contributed by atoms with Crippen molar-refractivity contribution in [1.82, 2.24) is 33.9 Å². The van der Waals surface area contributed by atoms with Crippen molar-refractivity contribution in [1.29, 1.82) is 0 Å². The Morgan fingerprint density at radius 1 is 1.10 bits per heavy atom. The Balaban J connectivity index is 1.16. The number of amides is 1. The van der Waals surface area contributed by atoms with Gasteiger partial charge in [-0.1, -0.05) is 18.7 Å². The molecule has 1 fully saturated rings. The first-order chi connectivity index (χ1) is 20.4. The van der Waals surface area contributed by atoms with Crippen LogP contribution in [0.25, 0.3) is 22.1 Å². The number of nitrogens with zero attached hydrogens (tertiary/aromatic N) is 7. The number of rotatable bonds is 9. The van der Waals surface area contributed by atoms with E-state index in [9.17, 15) is 4.79 Å². The summed E-state index contributed by atoms with van der Waals surface area (Å²) in [7, 11) is 2.15. The zero-order valence-electron chi connectivity index (χ0n) is 24.4. The minimum Gasteiger partial charge on any atom is -0.492 e. The van der Waals surface area contributed by atoms with Crippen molar-refractivity contribution in [2.24, 2.45) is 0 Å². The first kappa shape index (κ1) is 27.6. The highest BCUT2D eigenvalue weighted by molar-refractivity contribution is 6.08. The minimum absolute atomic E-state index is 0.248. The summed E-state index contributed by atoms with van der Waals surface area (Å²) < 4.78 is 9.70. The van der Waals surface area contributed by atoms with Crippen LogP contribution in [-0.2, 0) is 6.54 Å². The van der Waals surface area contributed by atoms with Crippen LogP contribution in [0.3, 0.4) is 0 Å². The molecule has 1 saturated heterocycles. The number of carbonyl (C=O) groups is 1. The van der Waals surface area contributed by atoms with Gasteiger partial charge in [-0.15, -0.1) is 0 Å². The number of anilines is 1. The van der Waals surface area contributed by atoms with Crippen LogP contribution in [0.2, 0.25) is 0 Å². The lowest BCUT2D eigenvalue weighted by Gasteiger charge is -2.32. The number of aromatic nitrogens is 5. The van der Waals surface area contributed by atoms with Crippen LogP contribution in [0.15, 0.2) is 67.5 Å². The summed E-state index contributed by atoms with van der Waals surface area (Å²) in [5.74, 6) is 0.493. The highest BCUT2D eigenvalue weighted by Gasteiger charge is 2.18. The number of carbonyl (C=O) groups excluding carboxylic acids is 1. The van der Waals surface area contributed by atoms with E-state index in [1.54, 1.807) is 10.6 Å². The van der Waals surface area contributed by atoms with Crippen molar-refractivity contribution in [2.45, 2.75) is 20.4 Å². The lowest BCUT2D eigenvalue weighted by atomic mass is 10.1. The van der Waals surface area contributed by atoms with Crippen molar-refractivity contribution < 1.29 is 9.53 Å². The third-order valence-electron chi connectivity index (χ3n) is 7.75. The lowest BCUT2D eigenvalue weighted by Crippen LogP contribution is -2.45. The van der Waals surface area contributed by atoms with Gasteiger partial charge in [0.1, 0.15) is 23.7 Å². The third kappa shape index (κ3) is 5.77. The quantitative estimate of drug-likeness (QED) is 0.285. The third-order valence-corrected chi connectivity index (χ3v) is 7.75. The second kappa shape index (κ2) is 11.8. The summed E-state index contributed by atoms with van der Waals surface area (Å²) in [6, 6.07) is 15.5. The van der Waals surface area contributed by atoms with Crippen LogP contribution >= 0.6 is 0 Å². The number of hydrogen-bond donors (Lipinski definition) is 1. The average Bonchev–Trinajstić information content (AvgIpc) is 3.55. The summed E-state index contributed by atoms with van der Waals surface area (Å²) >= 11 is 0. The molecule has 42 heavy (non-hydrogen) atoms. The number of aryl methyl sites for hydroxylation is 1. The second-order valence-electron chi connectivity index (χ2n) is 10.9. The molecule has 0 radical (unpaired) electrons. The monoisotopic (exact) mass is 564 g/mol. The average molecular weight is 565 g/mol. The number of ether oxygens (including phenoxy) is 1. The summed E-state index contributed by atoms with van der Waals surface area (Å²) in [4.78, 5) is 27.4. The van der Waals surface area contributed by atoms with Gasteiger partial charge in [-0.3, -0.25) is 23.8 Å². The van der Waals surface area contributed by atoms with E-state index in [2.05, 4.69) is 33.7 Å². The van der Waals surface area contributed by atoms with E-state index in [-0.39, 0.29) is 5.91 Å². The van der Waals surface area contributed by atoms with E-state index in [0.717, 1.165) is 72.0 Å². The topological polar surface area (TPSA) is 92.8 Å². The number of allylic oxidation sites excluding steroid dienone is 1. The molecular weight excluding hydrogens is 528 g/mol. The van der Waals surface area contributed by atoms with Crippen LogP contribution in [-0.4, -0.2) is 86.2 Å². The Morgan fingerprint density at radius 2 is 1.90 bits per heavy atom. The first-order valence-corrected chi connectivity index (χ1v) is 14.3. The zero-order chi connectivity index (χ0) is 29.2. The molecule has 1 N–H and O–H groups in total. The van der Waals surface area contributed by atoms with Crippen LogP contribution in [0, 0.1) is 6.92 Å². The van der Waals surface area contributed by atoms with Crippen molar-refractivity contribution in [2.75, 3.05) is 51.7 Å². The van der Waals surface area contributed by atoms with Gasteiger partial charge in [-0.05, 0) is 56.8 Å². The predicted octanol–water partition coefficient (Wildman–Crippen LogP) is 4.35. The van der Waals surface area contributed by atoms with E-state index in [4.69, 9.17) is 14.8 Å². The number of fused-ring (bicyclic) bond motifs is 2. The fourth-order valence-electron chi connectivity index (χ4n) is 5.37. The number of imidazole rings is 1. The number of hydrogen-bond acceptors (Lipinski definition) is 7. The first-order valence-electron chi connectivity index (χ1n) is 14.3. The van der Waals surface area contributed by atoms with Crippen LogP contribution < -0.4 is 10.1 Å². The SMILES string of the molecule is C=C(C)c1cccc(Cn2nc(C)c3c(NC(=O)c4cnc5cc(OCCN6CCN(C)CC6)ccn45)cccc32)n1. The molecular formula is C32H36N8O2. The van der Waals surface area contributed by atoms with Crippen molar-refractivity contribution >= 4 is 33.7 Å². The number of likely N-dealkylation sites (N-methyl/N-ethyl adjacent to an activating group) is 1. The number of piperazine rings is 1. The molecule has 1 aromatic carbocycles. The number of nitrogens with one attached hydrogen (secondary N) is 1. The van der Waals surface area contributed by atoms with Gasteiger partial charge < -0.3 is 15.0 Å². The van der Waals surface area contributed by atoms with Gasteiger partial charge in [-0.25, -0.2) is 4.98 Å². The maximum Gasteiger partial charge on any atom is 0.274 e. The molecule has 1 aliphatic rings. The molecule has 0 spiro atoms. The normalized spacial score (nSPS) is 14.5. The van der Waals surface area contributed by atoms with Crippen molar-refractivity contribution in [3.05, 3.63) is 90.3 Å². The van der Waals surface area contributed by atoms with Gasteiger partial charge in [0.15, 0.2) is 0 Å². The van der Waals surface area contributed by atoms with E-state index >= 15 is 0 Å². The molecule has 0 aliphatic carbocycles. The molecule has 1 amide bonds. The van der Waals surface area contributed by atoms with Gasteiger partial charge in [0.05, 0.1) is 41.0 Å². The zero-order valence-corrected chi connectivity index (χ0v) is 24.4. The van der Waals surface area contributed by atoms with Gasteiger partial charge in [0, 0.05) is 50.4 Å². The summed E-state index contributed by atoms with van der Waals surface area (Å²) in [6.45, 7) is 14.2. The van der Waals surface area contributed by atoms with Gasteiger partial charge in [0.25, 0.3) is 5.91 Å². The Kier molecular flexibility index (Phi) is 7.73. The van der Waals surface area contributed by atoms with Gasteiger partial charge in [-0.2, -0.15) is 5.10 Å². The smallest absolute Gasteiger partial charge is 0.274 e. The molecule has 0 unspecified atom stereocenters. The molecule has 6 rings (SSSR count). The van der Waals surface area contributed by atoms with Crippen LogP contribution in [0.1, 0.15) is 34.5 Å². The molecule has 1 aliphatic heterocycles. The summed E-state index contributed by atoms with van der Waals surface area (Å²) in [5, 5.41) is 8.76. The Morgan fingerprint density at radius 3 is 2.71 bits per heavy atom. The standard InChI is InChI=1S/C32H36N8O2/c1-22(2)26-8-5-7-24(34-26)21-40-28-10-6-9-27(31(28)23(3)36-40)35-32(41)29-20-33-30-19-25(11-12-39(29)30)42-18-17-38-15-13-37(4)14-16-38/h5-12,19-20H,1,13-18,21H2,2-4H3,(H,35,41). The molecule has 0 saturated carbocycles. The lowest BCUT2D eigenvalue weighted by molar-refractivity contribution is 0.102.